The van der Waals surface area contributed by atoms with Gasteiger partial charge in [-0.2, -0.15) is 8.42 Å². The summed E-state index contributed by atoms with van der Waals surface area (Å²) in [4.78, 5) is 15.9. The summed E-state index contributed by atoms with van der Waals surface area (Å²) in [7, 11) is -9.68. The summed E-state index contributed by atoms with van der Waals surface area (Å²) in [6.45, 7) is 4.19. The van der Waals surface area contributed by atoms with Crippen LogP contribution < -0.4 is 159 Å². The first-order chi connectivity index (χ1) is 11.0. The Hall–Kier alpha value is 3.73. The fourth-order valence-electron chi connectivity index (χ4n) is 2.02. The van der Waals surface area contributed by atoms with Gasteiger partial charge in [0, 0.05) is 0 Å². The first-order valence-electron chi connectivity index (χ1n) is 7.37. The molecule has 12 heteroatoms. The summed E-state index contributed by atoms with van der Waals surface area (Å²) >= 11 is 0. The third-order valence-electron chi connectivity index (χ3n) is 3.35. The molecule has 3 N–H and O–H groups in total. The largest absolute Gasteiger partial charge is 1.00 e. The average Bonchev–Trinajstić information content (AvgIpc) is 2.43. The van der Waals surface area contributed by atoms with Gasteiger partial charge in [0.05, 0.1) is 0 Å². The molecule has 1 aromatic rings. The van der Waals surface area contributed by atoms with E-state index in [0.717, 1.165) is 16.9 Å². The molecule has 1 atom stereocenters. The molecule has 1 rings (SSSR count). The van der Waals surface area contributed by atoms with Crippen molar-refractivity contribution in [1.29, 1.82) is 0 Å². The maximum Gasteiger partial charge on any atom is 1.00 e. The molecule has 1 aromatic carbocycles. The zero-order chi connectivity index (χ0) is 18.4. The summed E-state index contributed by atoms with van der Waals surface area (Å²) in [5.74, 6) is 0.737. The number of aryl methyl sites for hydroxylation is 1. The Morgan fingerprint density at radius 2 is 1.74 bits per heavy atom. The van der Waals surface area contributed by atoms with Gasteiger partial charge in [-0.1, -0.05) is 23.8 Å². The van der Waals surface area contributed by atoms with Crippen LogP contribution in [0.25, 0.3) is 0 Å². The Morgan fingerprint density at radius 1 is 1.22 bits per heavy atom. The first kappa shape index (κ1) is 35.3. The minimum absolute atomic E-state index is 0. The second-order valence-electron chi connectivity index (χ2n) is 5.64. The molecule has 0 aliphatic heterocycles. The van der Waals surface area contributed by atoms with E-state index in [-0.39, 0.29) is 171 Å². The predicted molar refractivity (Wildman–Crippen MR) is 95.0 cm³/mol. The number of unbranched alkanes of at least 4 members (excludes halogenated alkanes) is 1. The predicted octanol–water partition coefficient (Wildman–Crippen LogP) is -5.77. The Labute approximate surface area is 293 Å². The molecule has 0 saturated carbocycles. The maximum atomic E-state index is 11.1. The van der Waals surface area contributed by atoms with Crippen molar-refractivity contribution >= 4 is 17.7 Å². The molecule has 0 bridgehead atoms. The second-order valence-corrected chi connectivity index (χ2v) is 9.39. The number of hydrogen-bond donors (Lipinski definition) is 3. The number of rotatable bonds is 9. The van der Waals surface area contributed by atoms with Gasteiger partial charge in [-0.25, -0.2) is 0 Å². The molecule has 0 amide bonds. The van der Waals surface area contributed by atoms with E-state index in [1.807, 2.05) is 44.2 Å². The van der Waals surface area contributed by atoms with E-state index in [0.29, 0.717) is 13.0 Å². The smallest absolute Gasteiger partial charge is 1.00 e. The van der Waals surface area contributed by atoms with Crippen molar-refractivity contribution in [3.8, 4) is 5.75 Å². The van der Waals surface area contributed by atoms with Gasteiger partial charge in [-0.3, -0.25) is 9.12 Å². The number of benzene rings is 1. The van der Waals surface area contributed by atoms with Crippen LogP contribution in [0.15, 0.2) is 35.9 Å². The monoisotopic (exact) mass is 498 g/mol. The van der Waals surface area contributed by atoms with Crippen LogP contribution in [-0.2, 0) is 14.7 Å². The molecule has 1 unspecified atom stereocenters. The van der Waals surface area contributed by atoms with Crippen LogP contribution >= 0.6 is 7.60 Å². The Bertz CT molecular complexity index is 732. The zero-order valence-corrected chi connectivity index (χ0v) is 27.7. The number of ether oxygens (including phenoxy) is 1. The van der Waals surface area contributed by atoms with E-state index in [1.165, 1.54) is 0 Å². The van der Waals surface area contributed by atoms with E-state index in [4.69, 9.17) is 19.1 Å². The Morgan fingerprint density at radius 3 is 2.19 bits per heavy atom. The maximum absolute atomic E-state index is 11.1. The van der Waals surface area contributed by atoms with E-state index in [9.17, 15) is 13.0 Å². The van der Waals surface area contributed by atoms with Crippen LogP contribution in [0.3, 0.4) is 0 Å². The van der Waals surface area contributed by atoms with Crippen molar-refractivity contribution < 1.29 is 190 Å². The van der Waals surface area contributed by atoms with E-state index in [2.05, 4.69) is 0 Å². The van der Waals surface area contributed by atoms with Crippen LogP contribution in [0, 0.1) is 6.92 Å². The third-order valence-corrected chi connectivity index (χ3v) is 6.91. The van der Waals surface area contributed by atoms with Crippen molar-refractivity contribution in [2.75, 3.05) is 6.61 Å². The van der Waals surface area contributed by atoms with E-state index < -0.39 is 22.7 Å². The molecule has 0 aliphatic rings. The van der Waals surface area contributed by atoms with Crippen molar-refractivity contribution in [3.63, 3.8) is 0 Å². The summed E-state index contributed by atoms with van der Waals surface area (Å²) in [6, 6.07) is 7.59. The third kappa shape index (κ3) is 16.1. The minimum atomic E-state index is -4.90. The van der Waals surface area contributed by atoms with Crippen molar-refractivity contribution in [2.45, 2.75) is 38.1 Å². The first-order valence-corrected chi connectivity index (χ1v) is 10.6. The van der Waals surface area contributed by atoms with Gasteiger partial charge in [0.2, 0.25) is 0 Å². The molecule has 142 valence electrons. The molecular formula is C15H26K3O7PS. The fraction of sp³-hybridized carbons (Fsp3) is 0.467. The minimum Gasteiger partial charge on any atom is -1.00 e. The summed E-state index contributed by atoms with van der Waals surface area (Å²) < 4.78 is 47.6. The topological polar surface area (TPSA) is 121 Å². The van der Waals surface area contributed by atoms with Crippen LogP contribution in [-0.4, -0.2) is 34.4 Å². The SMILES string of the molecule is C/C(=C\CCCC(P(=O)(O)O)S(=O)(=O)O)COc1ccc(C)cc1.[H-].[H-].[H-].[K+].[K+].[K+]. The molecular weight excluding hydrogens is 472 g/mol. The molecule has 0 heterocycles. The molecule has 7 nitrogen and oxygen atoms in total. The van der Waals surface area contributed by atoms with Gasteiger partial charge >= 0.3 is 162 Å². The second kappa shape index (κ2) is 17.2. The van der Waals surface area contributed by atoms with Crippen LogP contribution in [0.2, 0.25) is 0 Å². The molecule has 27 heavy (non-hydrogen) atoms. The standard InChI is InChI=1S/C15H23O7PS.3K.3H/c1-12-7-9-14(10-8-12)22-11-13(2)5-3-4-6-15(23(16,17)18)24(19,20)21;;;;;;/h5,7-10,15H,3-4,6,11H2,1-2H3,(H2,16,17,18)(H,19,20,21);;;;;;/q;3*+1;3*-1/b13-5+;;;;;;. The van der Waals surface area contributed by atoms with E-state index in [1.54, 1.807) is 0 Å². The van der Waals surface area contributed by atoms with Crippen LogP contribution in [0.5, 0.6) is 5.75 Å². The molecule has 0 aliphatic carbocycles. The Kier molecular flexibility index (Phi) is 22.6. The van der Waals surface area contributed by atoms with Crippen LogP contribution in [0.4, 0.5) is 0 Å². The average molecular weight is 499 g/mol. The summed E-state index contributed by atoms with van der Waals surface area (Å²) in [6.07, 6.45) is 2.15. The van der Waals surface area contributed by atoms with Gasteiger partial charge < -0.3 is 18.8 Å². The number of allylic oxidation sites excluding steroid dienone is 1. The van der Waals surface area contributed by atoms with E-state index >= 15 is 0 Å². The molecule has 0 aromatic heterocycles. The summed E-state index contributed by atoms with van der Waals surface area (Å²) in [5, 5.41) is 0. The van der Waals surface area contributed by atoms with Gasteiger partial charge in [-0.05, 0) is 50.8 Å². The molecule has 0 spiro atoms. The quantitative estimate of drug-likeness (QED) is 0.102. The molecule has 0 radical (unpaired) electrons. The van der Waals surface area contributed by atoms with Crippen LogP contribution in [0.1, 0.15) is 36.0 Å². The fourth-order valence-corrected chi connectivity index (χ4v) is 4.39. The van der Waals surface area contributed by atoms with Gasteiger partial charge in [0.25, 0.3) is 10.1 Å². The summed E-state index contributed by atoms with van der Waals surface area (Å²) in [5.41, 5.74) is 2.04. The van der Waals surface area contributed by atoms with Gasteiger partial charge in [0.1, 0.15) is 12.4 Å². The molecule has 0 saturated heterocycles. The van der Waals surface area contributed by atoms with Crippen molar-refractivity contribution in [3.05, 3.63) is 41.5 Å². The zero-order valence-electron chi connectivity index (χ0n) is 19.6. The molecule has 0 fully saturated rings. The number of hydrogen-bond acceptors (Lipinski definition) is 4. The van der Waals surface area contributed by atoms with Gasteiger partial charge in [-0.15, -0.1) is 0 Å². The van der Waals surface area contributed by atoms with Crippen molar-refractivity contribution in [1.82, 2.24) is 0 Å². The Balaban J connectivity index is -0.000000240. The normalized spacial score (nSPS) is 12.9. The van der Waals surface area contributed by atoms with Gasteiger partial charge in [0.15, 0.2) is 4.99 Å². The van der Waals surface area contributed by atoms with Crippen molar-refractivity contribution in [2.24, 2.45) is 0 Å².